The number of aryl methyl sites for hydroxylation is 1. The van der Waals surface area contributed by atoms with Gasteiger partial charge >= 0.3 is 12.3 Å². The summed E-state index contributed by atoms with van der Waals surface area (Å²) in [5.74, 6) is 0.0764. The van der Waals surface area contributed by atoms with Gasteiger partial charge in [0.05, 0.1) is 17.6 Å². The van der Waals surface area contributed by atoms with Crippen molar-refractivity contribution in [2.45, 2.75) is 32.4 Å². The molecule has 0 amide bonds. The number of hydrogen-bond donors (Lipinski definition) is 0. The van der Waals surface area contributed by atoms with Gasteiger partial charge in [0.1, 0.15) is 11.9 Å². The molecule has 0 bridgehead atoms. The summed E-state index contributed by atoms with van der Waals surface area (Å²) >= 11 is 0. The lowest BCUT2D eigenvalue weighted by Crippen LogP contribution is -2.30. The fraction of sp³-hybridized carbons (Fsp3) is 0.700. The number of hydrogen-bond acceptors (Lipinski definition) is 4. The zero-order chi connectivity index (χ0) is 13.3. The third-order valence-corrected chi connectivity index (χ3v) is 3.13. The molecule has 100 valence electrons. The SMILES string of the molecule is Cc1nn([C@H]2C[C@H](COC(F)F)C2)cc1[N+](=O)[O-]. The van der Waals surface area contributed by atoms with Gasteiger partial charge < -0.3 is 4.74 Å². The predicted octanol–water partition coefficient (Wildman–Crippen LogP) is 2.29. The molecule has 0 atom stereocenters. The number of halogens is 2. The molecule has 0 saturated heterocycles. The van der Waals surface area contributed by atoms with Crippen LogP contribution in [0.15, 0.2) is 6.20 Å². The zero-order valence-electron chi connectivity index (χ0n) is 9.75. The zero-order valence-corrected chi connectivity index (χ0v) is 9.75. The Hall–Kier alpha value is -1.57. The first-order chi connectivity index (χ1) is 8.47. The van der Waals surface area contributed by atoms with Crippen LogP contribution in [0.5, 0.6) is 0 Å². The molecule has 18 heavy (non-hydrogen) atoms. The molecule has 0 radical (unpaired) electrons. The lowest BCUT2D eigenvalue weighted by atomic mass is 9.81. The van der Waals surface area contributed by atoms with Gasteiger partial charge in [-0.1, -0.05) is 0 Å². The first kappa shape index (κ1) is 12.9. The maximum atomic E-state index is 11.8. The highest BCUT2D eigenvalue weighted by molar-refractivity contribution is 5.31. The number of aromatic nitrogens is 2. The van der Waals surface area contributed by atoms with Crippen molar-refractivity contribution in [2.75, 3.05) is 6.61 Å². The molecule has 0 unspecified atom stereocenters. The van der Waals surface area contributed by atoms with Crippen molar-refractivity contribution in [3.05, 3.63) is 22.0 Å². The predicted molar refractivity (Wildman–Crippen MR) is 57.3 cm³/mol. The van der Waals surface area contributed by atoms with Gasteiger partial charge in [-0.25, -0.2) is 0 Å². The van der Waals surface area contributed by atoms with Crippen LogP contribution in [0, 0.1) is 23.0 Å². The van der Waals surface area contributed by atoms with Crippen LogP contribution in [0.2, 0.25) is 0 Å². The van der Waals surface area contributed by atoms with E-state index in [0.29, 0.717) is 18.5 Å². The van der Waals surface area contributed by atoms with Crippen molar-refractivity contribution in [2.24, 2.45) is 5.92 Å². The summed E-state index contributed by atoms with van der Waals surface area (Å²) in [6, 6.07) is 0.0451. The van der Waals surface area contributed by atoms with Crippen LogP contribution in [-0.2, 0) is 4.74 Å². The van der Waals surface area contributed by atoms with Crippen molar-refractivity contribution >= 4 is 5.69 Å². The Morgan fingerprint density at radius 3 is 2.83 bits per heavy atom. The molecular formula is C10H13F2N3O3. The van der Waals surface area contributed by atoms with Crippen LogP contribution in [0.4, 0.5) is 14.5 Å². The van der Waals surface area contributed by atoms with Crippen LogP contribution in [-0.4, -0.2) is 27.9 Å². The van der Waals surface area contributed by atoms with E-state index in [9.17, 15) is 18.9 Å². The van der Waals surface area contributed by atoms with Crippen molar-refractivity contribution < 1.29 is 18.4 Å². The van der Waals surface area contributed by atoms with Gasteiger partial charge in [0.2, 0.25) is 0 Å². The van der Waals surface area contributed by atoms with Crippen LogP contribution in [0.1, 0.15) is 24.6 Å². The summed E-state index contributed by atoms with van der Waals surface area (Å²) in [5, 5.41) is 14.7. The Labute approximate surface area is 102 Å². The van der Waals surface area contributed by atoms with E-state index in [1.807, 2.05) is 0 Å². The Morgan fingerprint density at radius 2 is 2.33 bits per heavy atom. The van der Waals surface area contributed by atoms with Gasteiger partial charge in [0, 0.05) is 0 Å². The number of nitro groups is 1. The third kappa shape index (κ3) is 2.63. The van der Waals surface area contributed by atoms with Gasteiger partial charge in [-0.3, -0.25) is 14.8 Å². The smallest absolute Gasteiger partial charge is 0.323 e. The molecule has 2 rings (SSSR count). The molecule has 8 heteroatoms. The van der Waals surface area contributed by atoms with Crippen LogP contribution in [0.3, 0.4) is 0 Å². The number of ether oxygens (including phenoxy) is 1. The minimum Gasteiger partial charge on any atom is -0.323 e. The van der Waals surface area contributed by atoms with Crippen LogP contribution in [0.25, 0.3) is 0 Å². The molecule has 1 heterocycles. The van der Waals surface area contributed by atoms with Gasteiger partial charge in [-0.15, -0.1) is 0 Å². The van der Waals surface area contributed by atoms with Gasteiger partial charge in [0.25, 0.3) is 0 Å². The van der Waals surface area contributed by atoms with E-state index in [1.54, 1.807) is 11.6 Å². The average molecular weight is 261 g/mol. The van der Waals surface area contributed by atoms with Crippen molar-refractivity contribution in [3.63, 3.8) is 0 Å². The second kappa shape index (κ2) is 4.97. The fourth-order valence-corrected chi connectivity index (χ4v) is 2.10. The topological polar surface area (TPSA) is 70.2 Å². The quantitative estimate of drug-likeness (QED) is 0.602. The molecule has 0 aromatic carbocycles. The molecule has 1 aliphatic rings. The highest BCUT2D eigenvalue weighted by Gasteiger charge is 2.33. The highest BCUT2D eigenvalue weighted by Crippen LogP contribution is 2.38. The number of rotatable bonds is 5. The molecule has 1 fully saturated rings. The lowest BCUT2D eigenvalue weighted by molar-refractivity contribution is -0.385. The molecule has 0 spiro atoms. The largest absolute Gasteiger partial charge is 0.345 e. The third-order valence-electron chi connectivity index (χ3n) is 3.13. The lowest BCUT2D eigenvalue weighted by Gasteiger charge is -2.34. The summed E-state index contributed by atoms with van der Waals surface area (Å²) in [7, 11) is 0. The summed E-state index contributed by atoms with van der Waals surface area (Å²) in [6.45, 7) is -1.14. The molecule has 0 aliphatic heterocycles. The normalized spacial score (nSPS) is 23.1. The first-order valence-electron chi connectivity index (χ1n) is 5.57. The van der Waals surface area contributed by atoms with E-state index < -0.39 is 11.5 Å². The number of alkyl halides is 2. The number of nitrogens with zero attached hydrogens (tertiary/aromatic N) is 3. The van der Waals surface area contributed by atoms with Gasteiger partial charge in [0.15, 0.2) is 0 Å². The van der Waals surface area contributed by atoms with E-state index in [-0.39, 0.29) is 24.3 Å². The van der Waals surface area contributed by atoms with E-state index >= 15 is 0 Å². The second-order valence-corrected chi connectivity index (χ2v) is 4.42. The fourth-order valence-electron chi connectivity index (χ4n) is 2.10. The first-order valence-corrected chi connectivity index (χ1v) is 5.57. The standard InChI is InChI=1S/C10H13F2N3O3/c1-6-9(15(16)17)4-14(13-6)8-2-7(3-8)5-18-10(11)12/h4,7-8,10H,2-3,5H2,1H3/t7-,8-. The second-order valence-electron chi connectivity index (χ2n) is 4.42. The van der Waals surface area contributed by atoms with Gasteiger partial charge in [-0.2, -0.15) is 13.9 Å². The monoisotopic (exact) mass is 261 g/mol. The molecule has 1 aromatic rings. The maximum absolute atomic E-state index is 11.8. The Bertz CT molecular complexity index is 444. The highest BCUT2D eigenvalue weighted by atomic mass is 19.3. The van der Waals surface area contributed by atoms with Crippen molar-refractivity contribution in [1.29, 1.82) is 0 Å². The average Bonchev–Trinajstić information content (AvgIpc) is 2.57. The van der Waals surface area contributed by atoms with Gasteiger partial charge in [-0.05, 0) is 25.7 Å². The summed E-state index contributed by atoms with van der Waals surface area (Å²) in [4.78, 5) is 10.2. The van der Waals surface area contributed by atoms with Crippen molar-refractivity contribution in [1.82, 2.24) is 9.78 Å². The van der Waals surface area contributed by atoms with Crippen LogP contribution < -0.4 is 0 Å². The van der Waals surface area contributed by atoms with E-state index in [4.69, 9.17) is 0 Å². The Balaban J connectivity index is 1.88. The Kier molecular flexibility index (Phi) is 3.55. The minimum atomic E-state index is -2.74. The minimum absolute atomic E-state index is 0.0118. The molecule has 0 N–H and O–H groups in total. The molecule has 1 aliphatic carbocycles. The molecule has 1 aromatic heterocycles. The maximum Gasteiger partial charge on any atom is 0.345 e. The van der Waals surface area contributed by atoms with Crippen LogP contribution >= 0.6 is 0 Å². The van der Waals surface area contributed by atoms with E-state index in [0.717, 1.165) is 0 Å². The van der Waals surface area contributed by atoms with E-state index in [2.05, 4.69) is 9.84 Å². The molecular weight excluding hydrogens is 248 g/mol. The summed E-state index contributed by atoms with van der Waals surface area (Å²) < 4.78 is 29.4. The Morgan fingerprint density at radius 1 is 1.67 bits per heavy atom. The molecule has 1 saturated carbocycles. The van der Waals surface area contributed by atoms with E-state index in [1.165, 1.54) is 6.20 Å². The molecule has 6 nitrogen and oxygen atoms in total. The summed E-state index contributed by atoms with van der Waals surface area (Å²) in [6.07, 6.45) is 2.71. The summed E-state index contributed by atoms with van der Waals surface area (Å²) in [5.41, 5.74) is 0.356. The van der Waals surface area contributed by atoms with Crippen molar-refractivity contribution in [3.8, 4) is 0 Å².